The van der Waals surface area contributed by atoms with Gasteiger partial charge in [0, 0.05) is 42.0 Å². The van der Waals surface area contributed by atoms with Gasteiger partial charge in [-0.2, -0.15) is 15.2 Å². The van der Waals surface area contributed by atoms with Crippen molar-refractivity contribution in [3.63, 3.8) is 0 Å². The minimum Gasteiger partial charge on any atom is -0.485 e. The molecule has 3 aromatic rings. The number of likely N-dealkylation sites (tertiary alicyclic amines) is 2. The van der Waals surface area contributed by atoms with Crippen LogP contribution in [0.15, 0.2) is 49.1 Å². The first-order valence-electron chi connectivity index (χ1n) is 15.0. The lowest BCUT2D eigenvalue weighted by atomic mass is 9.86. The number of nitrogens with zero attached hydrogens (tertiary/aromatic N) is 6. The SMILES string of the molecule is C=CC(=O)N1CCC(c2nc(OC[C@@H]3CCCN3C)nc3c2OCC(c2cccc4cccc(Cl)c24)N3C)C[C@@H]1CC#N. The van der Waals surface area contributed by atoms with Gasteiger partial charge in [-0.25, -0.2) is 0 Å². The van der Waals surface area contributed by atoms with Crippen molar-refractivity contribution >= 4 is 34.1 Å². The van der Waals surface area contributed by atoms with Gasteiger partial charge in [0.2, 0.25) is 5.91 Å². The second-order valence-corrected chi connectivity index (χ2v) is 12.1. The third-order valence-electron chi connectivity index (χ3n) is 9.25. The van der Waals surface area contributed by atoms with E-state index in [0.717, 1.165) is 41.4 Å². The second-order valence-electron chi connectivity index (χ2n) is 11.7. The number of nitriles is 1. The van der Waals surface area contributed by atoms with Crippen molar-refractivity contribution in [2.45, 2.75) is 56.1 Å². The summed E-state index contributed by atoms with van der Waals surface area (Å²) in [5.41, 5.74) is 1.84. The summed E-state index contributed by atoms with van der Waals surface area (Å²) in [4.78, 5) is 28.6. The minimum atomic E-state index is -0.233. The lowest BCUT2D eigenvalue weighted by Crippen LogP contribution is -2.45. The van der Waals surface area contributed by atoms with E-state index in [1.165, 1.54) is 6.08 Å². The van der Waals surface area contributed by atoms with Crippen LogP contribution in [0.5, 0.6) is 11.8 Å². The lowest BCUT2D eigenvalue weighted by molar-refractivity contribution is -0.129. The van der Waals surface area contributed by atoms with Crippen molar-refractivity contribution in [1.29, 1.82) is 5.26 Å². The van der Waals surface area contributed by atoms with Crippen molar-refractivity contribution in [2.24, 2.45) is 0 Å². The van der Waals surface area contributed by atoms with E-state index in [4.69, 9.17) is 31.0 Å². The maximum Gasteiger partial charge on any atom is 0.318 e. The summed E-state index contributed by atoms with van der Waals surface area (Å²) >= 11 is 6.71. The Labute approximate surface area is 257 Å². The average molecular weight is 601 g/mol. The molecule has 1 aromatic heterocycles. The Hall–Kier alpha value is -3.87. The second kappa shape index (κ2) is 12.4. The predicted octanol–water partition coefficient (Wildman–Crippen LogP) is 5.50. The molecule has 0 spiro atoms. The third kappa shape index (κ3) is 5.62. The summed E-state index contributed by atoms with van der Waals surface area (Å²) in [5.74, 6) is 1.12. The largest absolute Gasteiger partial charge is 0.485 e. The van der Waals surface area contributed by atoms with Crippen molar-refractivity contribution in [1.82, 2.24) is 19.8 Å². The molecule has 2 unspecified atom stereocenters. The van der Waals surface area contributed by atoms with E-state index < -0.39 is 0 Å². The topological polar surface area (TPSA) is 94.8 Å². The molecule has 0 radical (unpaired) electrons. The van der Waals surface area contributed by atoms with Crippen molar-refractivity contribution in [3.8, 4) is 17.8 Å². The van der Waals surface area contributed by atoms with E-state index in [2.05, 4.69) is 47.7 Å². The molecule has 2 saturated heterocycles. The molecule has 3 aliphatic heterocycles. The van der Waals surface area contributed by atoms with Gasteiger partial charge in [0.15, 0.2) is 11.6 Å². The third-order valence-corrected chi connectivity index (χ3v) is 9.56. The molecular formula is C33H37ClN6O3. The number of ether oxygens (including phenoxy) is 2. The summed E-state index contributed by atoms with van der Waals surface area (Å²) in [5, 5.41) is 12.3. The number of amides is 1. The zero-order valence-corrected chi connectivity index (χ0v) is 25.5. The monoisotopic (exact) mass is 600 g/mol. The highest BCUT2D eigenvalue weighted by atomic mass is 35.5. The van der Waals surface area contributed by atoms with Crippen molar-refractivity contribution < 1.29 is 14.3 Å². The molecule has 6 rings (SSSR count). The molecule has 10 heteroatoms. The molecule has 0 bridgehead atoms. The van der Waals surface area contributed by atoms with Gasteiger partial charge in [-0.15, -0.1) is 0 Å². The molecule has 4 heterocycles. The van der Waals surface area contributed by atoms with Crippen LogP contribution in [0.25, 0.3) is 10.8 Å². The molecule has 1 amide bonds. The van der Waals surface area contributed by atoms with Crippen molar-refractivity contribution in [3.05, 3.63) is 65.3 Å². The summed E-state index contributed by atoms with van der Waals surface area (Å²) in [6, 6.07) is 14.7. The lowest BCUT2D eigenvalue weighted by Gasteiger charge is -2.40. The first kappa shape index (κ1) is 29.2. The maximum absolute atomic E-state index is 12.6. The molecule has 2 fully saturated rings. The molecule has 2 aromatic carbocycles. The summed E-state index contributed by atoms with van der Waals surface area (Å²) in [7, 11) is 4.15. The molecule has 0 saturated carbocycles. The smallest absolute Gasteiger partial charge is 0.318 e. The van der Waals surface area contributed by atoms with E-state index in [1.54, 1.807) is 4.90 Å². The maximum atomic E-state index is 12.6. The normalized spacial score (nSPS) is 23.9. The Bertz CT molecular complexity index is 1570. The number of likely N-dealkylation sites (N-methyl/N-ethyl adjacent to an activating group) is 2. The van der Waals surface area contributed by atoms with Crippen LogP contribution < -0.4 is 14.4 Å². The summed E-state index contributed by atoms with van der Waals surface area (Å²) < 4.78 is 12.8. The Morgan fingerprint density at radius 3 is 2.74 bits per heavy atom. The number of piperidine rings is 1. The fraction of sp³-hybridized carbons (Fsp3) is 0.455. The van der Waals surface area contributed by atoms with Crippen molar-refractivity contribution in [2.75, 3.05) is 45.3 Å². The van der Waals surface area contributed by atoms with Crippen LogP contribution in [0, 0.1) is 11.3 Å². The first-order chi connectivity index (χ1) is 20.9. The van der Waals surface area contributed by atoms with Gasteiger partial charge in [0.25, 0.3) is 0 Å². The van der Waals surface area contributed by atoms with E-state index in [0.29, 0.717) is 61.2 Å². The van der Waals surface area contributed by atoms with Crippen LogP contribution in [0.3, 0.4) is 0 Å². The molecule has 224 valence electrons. The van der Waals surface area contributed by atoms with Gasteiger partial charge in [-0.1, -0.05) is 48.5 Å². The van der Waals surface area contributed by atoms with Gasteiger partial charge >= 0.3 is 6.01 Å². The Kier molecular flexibility index (Phi) is 8.42. The van der Waals surface area contributed by atoms with Gasteiger partial charge in [-0.05, 0) is 62.4 Å². The molecule has 4 atom stereocenters. The van der Waals surface area contributed by atoms with Gasteiger partial charge < -0.3 is 24.2 Å². The van der Waals surface area contributed by atoms with Crippen LogP contribution in [-0.2, 0) is 4.79 Å². The average Bonchev–Trinajstić information content (AvgIpc) is 3.44. The minimum absolute atomic E-state index is 0.0302. The van der Waals surface area contributed by atoms with Crippen LogP contribution in [-0.4, -0.2) is 78.2 Å². The number of fused-ring (bicyclic) bond motifs is 2. The standard InChI is InChI=1S/C33H37ClN6O3/c1-4-28(41)40-17-14-22(18-23(40)13-15-35)30-31-32(37-33(36-30)43-19-24-10-7-16-38(24)2)39(3)27(20-42-31)25-11-5-8-21-9-6-12-26(34)29(21)25/h4-6,8-9,11-12,22-24,27H,1,7,10,13-14,16-20H2,2-3H3/t22?,23-,24-,27?/m0/s1. The highest BCUT2D eigenvalue weighted by Crippen LogP contribution is 2.46. The molecule has 43 heavy (non-hydrogen) atoms. The number of benzene rings is 2. The molecule has 0 N–H and O–H groups in total. The number of hydrogen-bond acceptors (Lipinski definition) is 8. The van der Waals surface area contributed by atoms with Crippen LogP contribution in [0.2, 0.25) is 5.02 Å². The molecule has 3 aliphatic rings. The Morgan fingerprint density at radius 1 is 1.19 bits per heavy atom. The number of carbonyl (C=O) groups excluding carboxylic acids is 1. The van der Waals surface area contributed by atoms with Gasteiger partial charge in [-0.3, -0.25) is 4.79 Å². The highest BCUT2D eigenvalue weighted by molar-refractivity contribution is 6.35. The zero-order chi connectivity index (χ0) is 30.1. The zero-order valence-electron chi connectivity index (χ0n) is 24.7. The Balaban J connectivity index is 1.37. The Morgan fingerprint density at radius 2 is 2.00 bits per heavy atom. The van der Waals surface area contributed by atoms with Crippen LogP contribution in [0.4, 0.5) is 5.82 Å². The number of rotatable bonds is 7. The van der Waals surface area contributed by atoms with E-state index in [-0.39, 0.29) is 30.3 Å². The number of aromatic nitrogens is 2. The first-order valence-corrected chi connectivity index (χ1v) is 15.3. The molecular weight excluding hydrogens is 564 g/mol. The summed E-state index contributed by atoms with van der Waals surface area (Å²) in [6.07, 6.45) is 5.07. The number of anilines is 1. The van der Waals surface area contributed by atoms with E-state index in [9.17, 15) is 10.1 Å². The molecule has 9 nitrogen and oxygen atoms in total. The number of halogens is 1. The van der Waals surface area contributed by atoms with Crippen LogP contribution in [0.1, 0.15) is 55.3 Å². The summed E-state index contributed by atoms with van der Waals surface area (Å²) in [6.45, 7) is 6.12. The van der Waals surface area contributed by atoms with E-state index >= 15 is 0 Å². The highest BCUT2D eigenvalue weighted by Gasteiger charge is 2.38. The fourth-order valence-corrected chi connectivity index (χ4v) is 7.13. The van der Waals surface area contributed by atoms with Crippen LogP contribution >= 0.6 is 11.6 Å². The fourth-order valence-electron chi connectivity index (χ4n) is 6.84. The van der Waals surface area contributed by atoms with Gasteiger partial charge in [0.05, 0.1) is 24.2 Å². The van der Waals surface area contributed by atoms with Gasteiger partial charge in [0.1, 0.15) is 13.2 Å². The number of carbonyl (C=O) groups is 1. The van der Waals surface area contributed by atoms with E-state index in [1.807, 2.05) is 25.2 Å². The molecule has 0 aliphatic carbocycles. The quantitative estimate of drug-likeness (QED) is 0.328. The predicted molar refractivity (Wildman–Crippen MR) is 167 cm³/mol. The number of hydrogen-bond donors (Lipinski definition) is 0.